The molecule has 1 fully saturated rings. The van der Waals surface area contributed by atoms with Gasteiger partial charge in [-0.05, 0) is 49.0 Å². The lowest BCUT2D eigenvalue weighted by Gasteiger charge is -2.01. The maximum atomic E-state index is 9.15. The van der Waals surface area contributed by atoms with E-state index in [9.17, 15) is 0 Å². The fourth-order valence-corrected chi connectivity index (χ4v) is 1.93. The molecule has 0 amide bonds. The van der Waals surface area contributed by atoms with Crippen molar-refractivity contribution in [2.45, 2.75) is 19.3 Å². The second kappa shape index (κ2) is 4.01. The topological polar surface area (TPSA) is 32.3 Å². The van der Waals surface area contributed by atoms with Crippen LogP contribution in [0.15, 0.2) is 24.3 Å². The summed E-state index contributed by atoms with van der Waals surface area (Å²) in [5.74, 6) is 1.88. The summed E-state index contributed by atoms with van der Waals surface area (Å²) in [5, 5.41) is 12.5. The van der Waals surface area contributed by atoms with Crippen LogP contribution in [0.2, 0.25) is 0 Å². The summed E-state index contributed by atoms with van der Waals surface area (Å²) in [6.45, 7) is 4.32. The molecule has 0 bridgehead atoms. The quantitative estimate of drug-likeness (QED) is 0.764. The SMILES string of the molecule is CCNCC1CC1c1ccc(O)cc1. The molecule has 2 rings (SSSR count). The zero-order valence-electron chi connectivity index (χ0n) is 8.53. The Labute approximate surface area is 85.0 Å². The highest BCUT2D eigenvalue weighted by molar-refractivity contribution is 5.31. The van der Waals surface area contributed by atoms with Gasteiger partial charge in [0.25, 0.3) is 0 Å². The molecule has 1 aromatic carbocycles. The van der Waals surface area contributed by atoms with Crippen molar-refractivity contribution >= 4 is 0 Å². The third-order valence-corrected chi connectivity index (χ3v) is 2.90. The van der Waals surface area contributed by atoms with Gasteiger partial charge in [0, 0.05) is 0 Å². The van der Waals surface area contributed by atoms with Gasteiger partial charge in [-0.2, -0.15) is 0 Å². The first kappa shape index (κ1) is 9.53. The molecule has 2 N–H and O–H groups in total. The van der Waals surface area contributed by atoms with Crippen molar-refractivity contribution in [2.75, 3.05) is 13.1 Å². The predicted molar refractivity (Wildman–Crippen MR) is 57.5 cm³/mol. The van der Waals surface area contributed by atoms with Gasteiger partial charge < -0.3 is 10.4 Å². The maximum Gasteiger partial charge on any atom is 0.115 e. The first-order chi connectivity index (χ1) is 6.81. The first-order valence-corrected chi connectivity index (χ1v) is 5.31. The van der Waals surface area contributed by atoms with Gasteiger partial charge >= 0.3 is 0 Å². The average molecular weight is 191 g/mol. The van der Waals surface area contributed by atoms with E-state index in [1.165, 1.54) is 12.0 Å². The molecule has 2 atom stereocenters. The van der Waals surface area contributed by atoms with Gasteiger partial charge in [-0.1, -0.05) is 19.1 Å². The molecule has 1 aromatic rings. The monoisotopic (exact) mass is 191 g/mol. The second-order valence-corrected chi connectivity index (χ2v) is 4.00. The number of phenols is 1. The Kier molecular flexibility index (Phi) is 2.73. The van der Waals surface area contributed by atoms with E-state index in [2.05, 4.69) is 12.2 Å². The molecule has 0 radical (unpaired) electrons. The van der Waals surface area contributed by atoms with E-state index >= 15 is 0 Å². The molecule has 2 heteroatoms. The minimum atomic E-state index is 0.359. The molecule has 0 aromatic heterocycles. The van der Waals surface area contributed by atoms with Crippen LogP contribution in [0.1, 0.15) is 24.8 Å². The lowest BCUT2D eigenvalue weighted by molar-refractivity contribution is 0.475. The molecule has 0 saturated heterocycles. The van der Waals surface area contributed by atoms with Gasteiger partial charge in [-0.3, -0.25) is 0 Å². The standard InChI is InChI=1S/C12H17NO/c1-2-13-8-10-7-12(10)9-3-5-11(14)6-4-9/h3-6,10,12-14H,2,7-8H2,1H3. The van der Waals surface area contributed by atoms with Crippen molar-refractivity contribution in [3.8, 4) is 5.75 Å². The van der Waals surface area contributed by atoms with Crippen molar-refractivity contribution < 1.29 is 5.11 Å². The van der Waals surface area contributed by atoms with E-state index in [1.807, 2.05) is 12.1 Å². The third-order valence-electron chi connectivity index (χ3n) is 2.90. The van der Waals surface area contributed by atoms with Crippen LogP contribution in [0.5, 0.6) is 5.75 Å². The zero-order valence-corrected chi connectivity index (χ0v) is 8.53. The molecule has 0 spiro atoms. The van der Waals surface area contributed by atoms with Crippen molar-refractivity contribution in [3.05, 3.63) is 29.8 Å². The van der Waals surface area contributed by atoms with Crippen molar-refractivity contribution in [3.63, 3.8) is 0 Å². The number of nitrogens with one attached hydrogen (secondary N) is 1. The Balaban J connectivity index is 1.89. The Morgan fingerprint density at radius 2 is 2.07 bits per heavy atom. The van der Waals surface area contributed by atoms with Crippen LogP contribution >= 0.6 is 0 Å². The number of aromatic hydroxyl groups is 1. The summed E-state index contributed by atoms with van der Waals surface area (Å²) < 4.78 is 0. The molecular weight excluding hydrogens is 174 g/mol. The lowest BCUT2D eigenvalue weighted by Crippen LogP contribution is -2.16. The summed E-state index contributed by atoms with van der Waals surface area (Å²) in [6.07, 6.45) is 1.29. The molecule has 0 aliphatic heterocycles. The van der Waals surface area contributed by atoms with Crippen LogP contribution < -0.4 is 5.32 Å². The molecular formula is C12H17NO. The average Bonchev–Trinajstić information content (AvgIpc) is 2.95. The van der Waals surface area contributed by atoms with Gasteiger partial charge in [0.1, 0.15) is 5.75 Å². The van der Waals surface area contributed by atoms with E-state index in [1.54, 1.807) is 12.1 Å². The molecule has 0 heterocycles. The number of benzene rings is 1. The summed E-state index contributed by atoms with van der Waals surface area (Å²) in [5.41, 5.74) is 1.37. The molecule has 14 heavy (non-hydrogen) atoms. The molecule has 1 aliphatic rings. The number of hydrogen-bond acceptors (Lipinski definition) is 2. The minimum absolute atomic E-state index is 0.359. The highest BCUT2D eigenvalue weighted by Crippen LogP contribution is 2.47. The van der Waals surface area contributed by atoms with Gasteiger partial charge in [-0.15, -0.1) is 0 Å². The summed E-state index contributed by atoms with van der Waals surface area (Å²) in [4.78, 5) is 0. The van der Waals surface area contributed by atoms with Gasteiger partial charge in [0.05, 0.1) is 0 Å². The van der Waals surface area contributed by atoms with E-state index in [0.29, 0.717) is 5.75 Å². The zero-order chi connectivity index (χ0) is 9.97. The maximum absolute atomic E-state index is 9.15. The van der Waals surface area contributed by atoms with Gasteiger partial charge in [0.2, 0.25) is 0 Å². The van der Waals surface area contributed by atoms with E-state index in [-0.39, 0.29) is 0 Å². The van der Waals surface area contributed by atoms with Gasteiger partial charge in [0.15, 0.2) is 0 Å². The molecule has 2 nitrogen and oxygen atoms in total. The minimum Gasteiger partial charge on any atom is -0.508 e. The summed E-state index contributed by atoms with van der Waals surface area (Å²) in [7, 11) is 0. The highest BCUT2D eigenvalue weighted by atomic mass is 16.3. The van der Waals surface area contributed by atoms with Crippen LogP contribution in [0, 0.1) is 5.92 Å². The third kappa shape index (κ3) is 2.07. The Bertz CT molecular complexity index is 294. The molecule has 1 aliphatic carbocycles. The molecule has 76 valence electrons. The fourth-order valence-electron chi connectivity index (χ4n) is 1.93. The van der Waals surface area contributed by atoms with Crippen molar-refractivity contribution in [1.29, 1.82) is 0 Å². The smallest absolute Gasteiger partial charge is 0.115 e. The van der Waals surface area contributed by atoms with Crippen LogP contribution in [-0.4, -0.2) is 18.2 Å². The molecule has 1 saturated carbocycles. The van der Waals surface area contributed by atoms with Crippen LogP contribution in [-0.2, 0) is 0 Å². The van der Waals surface area contributed by atoms with E-state index < -0.39 is 0 Å². The van der Waals surface area contributed by atoms with Crippen molar-refractivity contribution in [1.82, 2.24) is 5.32 Å². The Morgan fingerprint density at radius 3 is 2.71 bits per heavy atom. The first-order valence-electron chi connectivity index (χ1n) is 5.31. The Morgan fingerprint density at radius 1 is 1.36 bits per heavy atom. The van der Waals surface area contributed by atoms with Crippen molar-refractivity contribution in [2.24, 2.45) is 5.92 Å². The summed E-state index contributed by atoms with van der Waals surface area (Å²) >= 11 is 0. The highest BCUT2D eigenvalue weighted by Gasteiger charge is 2.37. The number of rotatable bonds is 4. The van der Waals surface area contributed by atoms with Crippen LogP contribution in [0.25, 0.3) is 0 Å². The molecule has 2 unspecified atom stereocenters. The predicted octanol–water partition coefficient (Wildman–Crippen LogP) is 2.11. The summed E-state index contributed by atoms with van der Waals surface area (Å²) in [6, 6.07) is 7.62. The normalized spacial score (nSPS) is 24.9. The fraction of sp³-hybridized carbons (Fsp3) is 0.500. The van der Waals surface area contributed by atoms with Gasteiger partial charge in [-0.25, -0.2) is 0 Å². The van der Waals surface area contributed by atoms with Crippen LogP contribution in [0.4, 0.5) is 0 Å². The van der Waals surface area contributed by atoms with E-state index in [4.69, 9.17) is 5.11 Å². The number of hydrogen-bond donors (Lipinski definition) is 2. The van der Waals surface area contributed by atoms with E-state index in [0.717, 1.165) is 24.9 Å². The lowest BCUT2D eigenvalue weighted by atomic mass is 10.1. The largest absolute Gasteiger partial charge is 0.508 e. The second-order valence-electron chi connectivity index (χ2n) is 4.00. The Hall–Kier alpha value is -1.02. The van der Waals surface area contributed by atoms with Crippen LogP contribution in [0.3, 0.4) is 0 Å². The number of phenolic OH excluding ortho intramolecular Hbond substituents is 1.